The van der Waals surface area contributed by atoms with E-state index in [0.717, 1.165) is 18.4 Å². The lowest BCUT2D eigenvalue weighted by atomic mass is 10.0. The van der Waals surface area contributed by atoms with Crippen molar-refractivity contribution in [1.82, 2.24) is 5.32 Å². The van der Waals surface area contributed by atoms with Gasteiger partial charge in [-0.25, -0.2) is 0 Å². The third-order valence-corrected chi connectivity index (χ3v) is 3.34. The minimum absolute atomic E-state index is 0.0740. The van der Waals surface area contributed by atoms with Crippen LogP contribution < -0.4 is 11.1 Å². The van der Waals surface area contributed by atoms with Gasteiger partial charge < -0.3 is 11.1 Å². The van der Waals surface area contributed by atoms with Gasteiger partial charge in [0.05, 0.1) is 6.42 Å². The lowest BCUT2D eigenvalue weighted by Crippen LogP contribution is -2.27. The molecule has 0 aliphatic rings. The number of hydrogen-bond acceptors (Lipinski definition) is 2. The maximum absolute atomic E-state index is 11.9. The molecule has 0 fully saturated rings. The first-order valence-electron chi connectivity index (χ1n) is 7.15. The van der Waals surface area contributed by atoms with Crippen LogP contribution in [0.15, 0.2) is 42.5 Å². The van der Waals surface area contributed by atoms with Gasteiger partial charge in [-0.05, 0) is 36.1 Å². The fourth-order valence-corrected chi connectivity index (χ4v) is 2.25. The monoisotopic (exact) mass is 270 g/mol. The Morgan fingerprint density at radius 1 is 1.20 bits per heavy atom. The van der Waals surface area contributed by atoms with Crippen LogP contribution in [0.25, 0.3) is 10.8 Å². The quantitative estimate of drug-likeness (QED) is 0.793. The predicted octanol–water partition coefficient (Wildman–Crippen LogP) is 2.63. The number of benzene rings is 2. The molecule has 0 saturated carbocycles. The molecule has 0 saturated heterocycles. The molecule has 3 nitrogen and oxygen atoms in total. The molecule has 2 aromatic carbocycles. The second-order valence-corrected chi connectivity index (χ2v) is 5.33. The van der Waals surface area contributed by atoms with Crippen LogP contribution >= 0.6 is 0 Å². The molecule has 2 rings (SSSR count). The minimum Gasteiger partial charge on any atom is -0.356 e. The van der Waals surface area contributed by atoms with Gasteiger partial charge in [-0.3, -0.25) is 4.79 Å². The van der Waals surface area contributed by atoms with Crippen LogP contribution in [0.2, 0.25) is 0 Å². The first-order valence-corrected chi connectivity index (χ1v) is 7.15. The molecule has 3 N–H and O–H groups in total. The topological polar surface area (TPSA) is 55.1 Å². The largest absolute Gasteiger partial charge is 0.356 e. The van der Waals surface area contributed by atoms with Crippen LogP contribution in [0.3, 0.4) is 0 Å². The fraction of sp³-hybridized carbons (Fsp3) is 0.353. The van der Waals surface area contributed by atoms with Gasteiger partial charge in [0, 0.05) is 12.6 Å². The average Bonchev–Trinajstić information content (AvgIpc) is 2.43. The third kappa shape index (κ3) is 4.35. The smallest absolute Gasteiger partial charge is 0.224 e. The molecule has 0 spiro atoms. The number of nitrogens with one attached hydrogen (secondary N) is 1. The maximum atomic E-state index is 11.9. The zero-order chi connectivity index (χ0) is 14.4. The van der Waals surface area contributed by atoms with Gasteiger partial charge in [0.15, 0.2) is 0 Å². The lowest BCUT2D eigenvalue weighted by Gasteiger charge is -2.07. The summed E-state index contributed by atoms with van der Waals surface area (Å²) in [6, 6.07) is 14.5. The van der Waals surface area contributed by atoms with Gasteiger partial charge in [0.2, 0.25) is 5.91 Å². The summed E-state index contributed by atoms with van der Waals surface area (Å²) in [5, 5.41) is 5.32. The van der Waals surface area contributed by atoms with E-state index >= 15 is 0 Å². The molecule has 0 heterocycles. The molecule has 0 bridgehead atoms. The Kier molecular flexibility index (Phi) is 5.13. The Balaban J connectivity index is 1.86. The van der Waals surface area contributed by atoms with E-state index in [2.05, 4.69) is 29.6 Å². The van der Waals surface area contributed by atoms with Crippen LogP contribution in [0.1, 0.15) is 25.3 Å². The van der Waals surface area contributed by atoms with Crippen molar-refractivity contribution in [3.63, 3.8) is 0 Å². The standard InChI is InChI=1S/C17H22N2O/c1-13(18)5-4-10-19-17(20)12-14-8-9-15-6-2-3-7-16(15)11-14/h2-3,6-9,11,13H,4-5,10,12,18H2,1H3,(H,19,20). The molecule has 2 aromatic rings. The summed E-state index contributed by atoms with van der Waals surface area (Å²) >= 11 is 0. The van der Waals surface area contributed by atoms with Gasteiger partial charge in [-0.2, -0.15) is 0 Å². The number of hydrogen-bond donors (Lipinski definition) is 2. The van der Waals surface area contributed by atoms with E-state index in [4.69, 9.17) is 5.73 Å². The molecule has 0 aliphatic carbocycles. The Morgan fingerprint density at radius 2 is 1.95 bits per heavy atom. The van der Waals surface area contributed by atoms with Crippen LogP contribution in [0, 0.1) is 0 Å². The van der Waals surface area contributed by atoms with E-state index in [1.807, 2.05) is 25.1 Å². The van der Waals surface area contributed by atoms with E-state index in [1.54, 1.807) is 0 Å². The summed E-state index contributed by atoms with van der Waals surface area (Å²) in [5.74, 6) is 0.0740. The number of carbonyl (C=O) groups excluding carboxylic acids is 1. The van der Waals surface area contributed by atoms with Crippen molar-refractivity contribution < 1.29 is 4.79 Å². The van der Waals surface area contributed by atoms with Gasteiger partial charge in [0.25, 0.3) is 0 Å². The molecule has 1 amide bonds. The van der Waals surface area contributed by atoms with E-state index in [9.17, 15) is 4.79 Å². The summed E-state index contributed by atoms with van der Waals surface area (Å²) < 4.78 is 0. The van der Waals surface area contributed by atoms with Gasteiger partial charge in [-0.1, -0.05) is 42.5 Å². The number of amides is 1. The third-order valence-electron chi connectivity index (χ3n) is 3.34. The van der Waals surface area contributed by atoms with Crippen molar-refractivity contribution in [2.75, 3.05) is 6.54 Å². The Labute approximate surface area is 120 Å². The summed E-state index contributed by atoms with van der Waals surface area (Å²) in [5.41, 5.74) is 6.72. The van der Waals surface area contributed by atoms with Crippen LogP contribution in [-0.2, 0) is 11.2 Å². The average molecular weight is 270 g/mol. The molecule has 0 radical (unpaired) electrons. The summed E-state index contributed by atoms with van der Waals surface area (Å²) in [7, 11) is 0. The molecule has 1 unspecified atom stereocenters. The Bertz CT molecular complexity index is 578. The molecule has 0 aliphatic heterocycles. The van der Waals surface area contributed by atoms with Crippen molar-refractivity contribution in [3.8, 4) is 0 Å². The van der Waals surface area contributed by atoms with Gasteiger partial charge >= 0.3 is 0 Å². The van der Waals surface area contributed by atoms with E-state index < -0.39 is 0 Å². The number of carbonyl (C=O) groups is 1. The molecule has 106 valence electrons. The summed E-state index contributed by atoms with van der Waals surface area (Å²) in [6.07, 6.45) is 2.31. The first-order chi connectivity index (χ1) is 9.65. The van der Waals surface area contributed by atoms with Crippen molar-refractivity contribution in [1.29, 1.82) is 0 Å². The SMILES string of the molecule is CC(N)CCCNC(=O)Cc1ccc2ccccc2c1. The maximum Gasteiger partial charge on any atom is 0.224 e. The summed E-state index contributed by atoms with van der Waals surface area (Å²) in [6.45, 7) is 2.69. The van der Waals surface area contributed by atoms with E-state index in [1.165, 1.54) is 10.8 Å². The minimum atomic E-state index is 0.0740. The van der Waals surface area contributed by atoms with Crippen LogP contribution in [-0.4, -0.2) is 18.5 Å². The highest BCUT2D eigenvalue weighted by molar-refractivity contribution is 5.85. The normalized spacial score (nSPS) is 12.3. The van der Waals surface area contributed by atoms with Gasteiger partial charge in [0.1, 0.15) is 0 Å². The zero-order valence-corrected chi connectivity index (χ0v) is 11.9. The first kappa shape index (κ1) is 14.5. The molecular weight excluding hydrogens is 248 g/mol. The highest BCUT2D eigenvalue weighted by Crippen LogP contribution is 2.15. The fourth-order valence-electron chi connectivity index (χ4n) is 2.25. The number of fused-ring (bicyclic) bond motifs is 1. The molecule has 1 atom stereocenters. The second kappa shape index (κ2) is 7.06. The highest BCUT2D eigenvalue weighted by Gasteiger charge is 2.04. The summed E-state index contributed by atoms with van der Waals surface area (Å²) in [4.78, 5) is 11.9. The number of nitrogens with two attached hydrogens (primary N) is 1. The molecule has 0 aromatic heterocycles. The van der Waals surface area contributed by atoms with Crippen LogP contribution in [0.5, 0.6) is 0 Å². The molecular formula is C17H22N2O. The second-order valence-electron chi connectivity index (χ2n) is 5.33. The predicted molar refractivity (Wildman–Crippen MR) is 83.5 cm³/mol. The Morgan fingerprint density at radius 3 is 2.70 bits per heavy atom. The Hall–Kier alpha value is -1.87. The van der Waals surface area contributed by atoms with Crippen LogP contribution in [0.4, 0.5) is 0 Å². The highest BCUT2D eigenvalue weighted by atomic mass is 16.1. The number of rotatable bonds is 6. The van der Waals surface area contributed by atoms with Gasteiger partial charge in [-0.15, -0.1) is 0 Å². The van der Waals surface area contributed by atoms with Crippen molar-refractivity contribution in [2.24, 2.45) is 5.73 Å². The van der Waals surface area contributed by atoms with Crippen molar-refractivity contribution in [3.05, 3.63) is 48.0 Å². The van der Waals surface area contributed by atoms with Crippen molar-refractivity contribution >= 4 is 16.7 Å². The molecule has 3 heteroatoms. The van der Waals surface area contributed by atoms with E-state index in [0.29, 0.717) is 13.0 Å². The van der Waals surface area contributed by atoms with E-state index in [-0.39, 0.29) is 11.9 Å². The molecule has 20 heavy (non-hydrogen) atoms. The lowest BCUT2D eigenvalue weighted by molar-refractivity contribution is -0.120. The van der Waals surface area contributed by atoms with Crippen molar-refractivity contribution in [2.45, 2.75) is 32.2 Å². The zero-order valence-electron chi connectivity index (χ0n) is 11.9.